The molecule has 1 aliphatic heterocycles. The summed E-state index contributed by atoms with van der Waals surface area (Å²) in [6, 6.07) is 18.2. The van der Waals surface area contributed by atoms with Gasteiger partial charge in [0.1, 0.15) is 5.82 Å². The number of anilines is 1. The van der Waals surface area contributed by atoms with E-state index in [4.69, 9.17) is 0 Å². The Kier molecular flexibility index (Phi) is 4.82. The highest BCUT2D eigenvalue weighted by molar-refractivity contribution is 6.07. The SMILES string of the molecule is CC(=O)c1ccc(N2CCN(C(=O)c3cccc4ccccc34)CC2)c(F)c1. The van der Waals surface area contributed by atoms with Crippen LogP contribution in [0.3, 0.4) is 0 Å². The Morgan fingerprint density at radius 2 is 1.61 bits per heavy atom. The van der Waals surface area contributed by atoms with E-state index in [9.17, 15) is 14.0 Å². The second-order valence-corrected chi connectivity index (χ2v) is 7.03. The summed E-state index contributed by atoms with van der Waals surface area (Å²) >= 11 is 0. The van der Waals surface area contributed by atoms with Crippen molar-refractivity contribution in [3.63, 3.8) is 0 Å². The topological polar surface area (TPSA) is 40.6 Å². The van der Waals surface area contributed by atoms with E-state index < -0.39 is 5.82 Å². The van der Waals surface area contributed by atoms with Gasteiger partial charge in [-0.2, -0.15) is 0 Å². The largest absolute Gasteiger partial charge is 0.366 e. The smallest absolute Gasteiger partial charge is 0.254 e. The fourth-order valence-corrected chi connectivity index (χ4v) is 3.72. The molecule has 0 spiro atoms. The molecule has 4 nitrogen and oxygen atoms in total. The van der Waals surface area contributed by atoms with Gasteiger partial charge in [-0.25, -0.2) is 4.39 Å². The molecule has 4 rings (SSSR count). The number of piperazine rings is 1. The lowest BCUT2D eigenvalue weighted by molar-refractivity contribution is 0.0748. The van der Waals surface area contributed by atoms with Gasteiger partial charge in [-0.05, 0) is 42.0 Å². The molecule has 0 radical (unpaired) electrons. The number of rotatable bonds is 3. The molecule has 0 saturated carbocycles. The highest BCUT2D eigenvalue weighted by atomic mass is 19.1. The summed E-state index contributed by atoms with van der Waals surface area (Å²) in [5.41, 5.74) is 1.54. The summed E-state index contributed by atoms with van der Waals surface area (Å²) < 4.78 is 14.4. The van der Waals surface area contributed by atoms with Crippen molar-refractivity contribution >= 4 is 28.2 Å². The van der Waals surface area contributed by atoms with Gasteiger partial charge in [0.25, 0.3) is 5.91 Å². The fraction of sp³-hybridized carbons (Fsp3) is 0.217. The second kappa shape index (κ2) is 7.43. The molecule has 0 aromatic heterocycles. The molecule has 1 saturated heterocycles. The highest BCUT2D eigenvalue weighted by Crippen LogP contribution is 2.24. The predicted octanol–water partition coefficient (Wildman–Crippen LogP) is 4.14. The van der Waals surface area contributed by atoms with Crippen LogP contribution in [0, 0.1) is 5.82 Å². The van der Waals surface area contributed by atoms with Gasteiger partial charge < -0.3 is 9.80 Å². The number of hydrogen-bond acceptors (Lipinski definition) is 3. The summed E-state index contributed by atoms with van der Waals surface area (Å²) in [4.78, 5) is 28.2. The van der Waals surface area contributed by atoms with E-state index >= 15 is 0 Å². The molecule has 1 aliphatic rings. The average molecular weight is 376 g/mol. The molecule has 1 amide bonds. The van der Waals surface area contributed by atoms with Crippen molar-refractivity contribution in [1.29, 1.82) is 0 Å². The van der Waals surface area contributed by atoms with Gasteiger partial charge >= 0.3 is 0 Å². The number of carbonyl (C=O) groups excluding carboxylic acids is 2. The minimum Gasteiger partial charge on any atom is -0.366 e. The molecule has 5 heteroatoms. The minimum absolute atomic E-state index is 0.00356. The molecule has 3 aromatic carbocycles. The van der Waals surface area contributed by atoms with Gasteiger partial charge in [-0.1, -0.05) is 36.4 Å². The number of benzene rings is 3. The zero-order valence-corrected chi connectivity index (χ0v) is 15.7. The van der Waals surface area contributed by atoms with Crippen LogP contribution in [0.25, 0.3) is 10.8 Å². The zero-order valence-electron chi connectivity index (χ0n) is 15.7. The van der Waals surface area contributed by atoms with Crippen molar-refractivity contribution in [3.8, 4) is 0 Å². The molecule has 0 aliphatic carbocycles. The van der Waals surface area contributed by atoms with Crippen LogP contribution in [-0.4, -0.2) is 42.8 Å². The van der Waals surface area contributed by atoms with Crippen LogP contribution in [0.1, 0.15) is 27.6 Å². The number of halogens is 1. The van der Waals surface area contributed by atoms with E-state index in [1.54, 1.807) is 12.1 Å². The van der Waals surface area contributed by atoms with Crippen molar-refractivity contribution in [2.75, 3.05) is 31.1 Å². The standard InChI is InChI=1S/C23H21FN2O2/c1-16(27)18-9-10-22(21(24)15-18)25-11-13-26(14-12-25)23(28)20-8-4-6-17-5-2-3-7-19(17)20/h2-10,15H,11-14H2,1H3. The number of fused-ring (bicyclic) bond motifs is 1. The van der Waals surface area contributed by atoms with E-state index in [0.717, 1.165) is 10.8 Å². The Balaban J connectivity index is 1.50. The van der Waals surface area contributed by atoms with Crippen molar-refractivity contribution in [2.45, 2.75) is 6.92 Å². The van der Waals surface area contributed by atoms with Crippen molar-refractivity contribution in [1.82, 2.24) is 4.90 Å². The first-order valence-corrected chi connectivity index (χ1v) is 9.37. The van der Waals surface area contributed by atoms with Crippen molar-refractivity contribution in [3.05, 3.63) is 77.6 Å². The number of ketones is 1. The van der Waals surface area contributed by atoms with Crippen LogP contribution < -0.4 is 4.90 Å². The number of nitrogens with zero attached hydrogens (tertiary/aromatic N) is 2. The Morgan fingerprint density at radius 3 is 2.32 bits per heavy atom. The zero-order chi connectivity index (χ0) is 19.7. The lowest BCUT2D eigenvalue weighted by Crippen LogP contribution is -2.49. The van der Waals surface area contributed by atoms with Crippen LogP contribution in [0.5, 0.6) is 0 Å². The molecule has 1 heterocycles. The van der Waals surface area contributed by atoms with E-state index in [-0.39, 0.29) is 11.7 Å². The molecule has 142 valence electrons. The van der Waals surface area contributed by atoms with Crippen molar-refractivity contribution in [2.24, 2.45) is 0 Å². The molecule has 0 unspecified atom stereocenters. The molecule has 0 N–H and O–H groups in total. The Morgan fingerprint density at radius 1 is 0.893 bits per heavy atom. The van der Waals surface area contributed by atoms with Crippen LogP contribution in [-0.2, 0) is 0 Å². The maximum absolute atomic E-state index is 14.4. The van der Waals surface area contributed by atoms with Crippen LogP contribution in [0.4, 0.5) is 10.1 Å². The van der Waals surface area contributed by atoms with E-state index in [0.29, 0.717) is 43.0 Å². The third-order valence-corrected chi connectivity index (χ3v) is 5.28. The van der Waals surface area contributed by atoms with Crippen LogP contribution in [0.15, 0.2) is 60.7 Å². The fourth-order valence-electron chi connectivity index (χ4n) is 3.72. The quantitative estimate of drug-likeness (QED) is 0.645. The lowest BCUT2D eigenvalue weighted by Gasteiger charge is -2.36. The molecule has 0 bridgehead atoms. The van der Waals surface area contributed by atoms with E-state index in [1.165, 1.54) is 13.0 Å². The Bertz CT molecular complexity index is 1050. The molecule has 0 atom stereocenters. The Labute approximate surface area is 163 Å². The van der Waals surface area contributed by atoms with Gasteiger partial charge in [0, 0.05) is 37.3 Å². The molecular weight excluding hydrogens is 355 g/mol. The third kappa shape index (κ3) is 3.36. The minimum atomic E-state index is -0.401. The molecule has 28 heavy (non-hydrogen) atoms. The summed E-state index contributed by atoms with van der Waals surface area (Å²) in [7, 11) is 0. The van der Waals surface area contributed by atoms with Crippen molar-refractivity contribution < 1.29 is 14.0 Å². The van der Waals surface area contributed by atoms with Gasteiger partial charge in [0.05, 0.1) is 5.69 Å². The normalized spacial score (nSPS) is 14.4. The number of Topliss-reactive ketones (excluding diaryl/α,β-unsaturated/α-hetero) is 1. The summed E-state index contributed by atoms with van der Waals surface area (Å²) in [5.74, 6) is -0.554. The first kappa shape index (κ1) is 18.2. The first-order valence-electron chi connectivity index (χ1n) is 9.37. The maximum atomic E-state index is 14.4. The first-order chi connectivity index (χ1) is 13.5. The summed E-state index contributed by atoms with van der Waals surface area (Å²) in [6.07, 6.45) is 0. The van der Waals surface area contributed by atoms with E-state index in [2.05, 4.69) is 0 Å². The number of amides is 1. The lowest BCUT2D eigenvalue weighted by atomic mass is 10.0. The van der Waals surface area contributed by atoms with Gasteiger partial charge in [-0.15, -0.1) is 0 Å². The number of carbonyl (C=O) groups is 2. The molecule has 1 fully saturated rings. The molecule has 3 aromatic rings. The van der Waals surface area contributed by atoms with Gasteiger partial charge in [0.15, 0.2) is 5.78 Å². The van der Waals surface area contributed by atoms with E-state index in [1.807, 2.05) is 52.3 Å². The average Bonchev–Trinajstić information content (AvgIpc) is 2.73. The maximum Gasteiger partial charge on any atom is 0.254 e. The predicted molar refractivity (Wildman–Crippen MR) is 108 cm³/mol. The van der Waals surface area contributed by atoms with Gasteiger partial charge in [-0.3, -0.25) is 9.59 Å². The molecular formula is C23H21FN2O2. The van der Waals surface area contributed by atoms with Crippen LogP contribution >= 0.6 is 0 Å². The van der Waals surface area contributed by atoms with Crippen LogP contribution in [0.2, 0.25) is 0 Å². The Hall–Kier alpha value is -3.21. The highest BCUT2D eigenvalue weighted by Gasteiger charge is 2.24. The second-order valence-electron chi connectivity index (χ2n) is 7.03. The summed E-state index contributed by atoms with van der Waals surface area (Å²) in [5, 5.41) is 1.99. The number of hydrogen-bond donors (Lipinski definition) is 0. The monoisotopic (exact) mass is 376 g/mol. The van der Waals surface area contributed by atoms with Gasteiger partial charge in [0.2, 0.25) is 0 Å². The summed E-state index contributed by atoms with van der Waals surface area (Å²) in [6.45, 7) is 3.57. The third-order valence-electron chi connectivity index (χ3n) is 5.28.